The summed E-state index contributed by atoms with van der Waals surface area (Å²) in [5.74, 6) is 0.170. The van der Waals surface area contributed by atoms with Crippen LogP contribution in [0.5, 0.6) is 5.75 Å². The lowest BCUT2D eigenvalue weighted by Crippen LogP contribution is -2.47. The molecule has 1 fully saturated rings. The summed E-state index contributed by atoms with van der Waals surface area (Å²) in [7, 11) is -1.92. The third-order valence-electron chi connectivity index (χ3n) is 7.40. The lowest BCUT2D eigenvalue weighted by molar-refractivity contribution is -0.140. The normalized spacial score (nSPS) is 14.4. The first-order valence-electron chi connectivity index (χ1n) is 13.8. The molecule has 42 heavy (non-hydrogen) atoms. The summed E-state index contributed by atoms with van der Waals surface area (Å²) in [6, 6.07) is 18.3. The minimum atomic E-state index is -3.50. The highest BCUT2D eigenvalue weighted by Crippen LogP contribution is 2.23. The van der Waals surface area contributed by atoms with Crippen molar-refractivity contribution < 1.29 is 22.7 Å². The Morgan fingerprint density at radius 2 is 1.62 bits per heavy atom. The summed E-state index contributed by atoms with van der Waals surface area (Å²) in [6.45, 7) is 3.20. The molecule has 3 aromatic rings. The molecule has 0 aliphatic carbocycles. The van der Waals surface area contributed by atoms with Crippen molar-refractivity contribution in [2.24, 2.45) is 0 Å². The number of carbonyl (C=O) groups excluding carboxylic acids is 2. The van der Waals surface area contributed by atoms with E-state index < -0.39 is 16.1 Å². The highest BCUT2D eigenvalue weighted by Gasteiger charge is 2.28. The topological polar surface area (TPSA) is 96.0 Å². The molecule has 0 saturated carbocycles. The molecule has 0 aromatic heterocycles. The lowest BCUT2D eigenvalue weighted by Gasteiger charge is -2.29. The monoisotopic (exact) mass is 631 g/mol. The Hall–Kier alpha value is -3.11. The molecule has 1 aliphatic heterocycles. The number of rotatable bonds is 12. The van der Waals surface area contributed by atoms with Crippen molar-refractivity contribution in [3.63, 3.8) is 0 Å². The molecular formula is C31H35Cl2N3O5S. The minimum Gasteiger partial charge on any atom is -0.497 e. The maximum Gasteiger partial charge on any atom is 0.243 e. The zero-order chi connectivity index (χ0) is 30.3. The average Bonchev–Trinajstić information content (AvgIpc) is 3.55. The van der Waals surface area contributed by atoms with Gasteiger partial charge >= 0.3 is 0 Å². The Morgan fingerprint density at radius 1 is 0.976 bits per heavy atom. The van der Waals surface area contributed by atoms with Crippen LogP contribution in [-0.2, 0) is 39.1 Å². The van der Waals surface area contributed by atoms with Gasteiger partial charge in [-0.1, -0.05) is 53.5 Å². The van der Waals surface area contributed by atoms with Crippen LogP contribution in [0.25, 0.3) is 0 Å². The predicted octanol–water partition coefficient (Wildman–Crippen LogP) is 5.45. The summed E-state index contributed by atoms with van der Waals surface area (Å²) < 4.78 is 32.4. The molecule has 3 aromatic carbocycles. The number of nitrogens with zero attached hydrogens (tertiary/aromatic N) is 2. The third-order valence-corrected chi connectivity index (χ3v) is 9.90. The second-order valence-electron chi connectivity index (χ2n) is 10.3. The number of amides is 2. The number of nitrogens with one attached hydrogen (secondary N) is 1. The highest BCUT2D eigenvalue weighted by molar-refractivity contribution is 7.89. The smallest absolute Gasteiger partial charge is 0.243 e. The molecule has 0 spiro atoms. The fourth-order valence-electron chi connectivity index (χ4n) is 4.81. The van der Waals surface area contributed by atoms with Gasteiger partial charge in [0.05, 0.1) is 12.0 Å². The second kappa shape index (κ2) is 14.4. The average molecular weight is 633 g/mol. The van der Waals surface area contributed by atoms with Crippen LogP contribution in [-0.4, -0.2) is 55.7 Å². The predicted molar refractivity (Wildman–Crippen MR) is 164 cm³/mol. The molecule has 1 atom stereocenters. The SMILES string of the molecule is COc1ccc(CN(C(=O)CCc2ccc(S(=O)(=O)N3CCCC3)cc2)C(C)C(=O)NCc2ccc(Cl)cc2Cl)cc1. The zero-order valence-corrected chi connectivity index (χ0v) is 26.0. The van der Waals surface area contributed by atoms with E-state index in [4.69, 9.17) is 27.9 Å². The molecule has 11 heteroatoms. The number of ether oxygens (including phenoxy) is 1. The van der Waals surface area contributed by atoms with Gasteiger partial charge < -0.3 is 15.0 Å². The highest BCUT2D eigenvalue weighted by atomic mass is 35.5. The largest absolute Gasteiger partial charge is 0.497 e. The van der Waals surface area contributed by atoms with E-state index in [1.807, 2.05) is 24.3 Å². The van der Waals surface area contributed by atoms with Crippen molar-refractivity contribution >= 4 is 45.0 Å². The van der Waals surface area contributed by atoms with Gasteiger partial charge in [0.2, 0.25) is 21.8 Å². The Morgan fingerprint density at radius 3 is 2.24 bits per heavy atom. The number of methoxy groups -OCH3 is 1. The molecule has 1 saturated heterocycles. The fourth-order valence-corrected chi connectivity index (χ4v) is 6.80. The minimum absolute atomic E-state index is 0.148. The van der Waals surface area contributed by atoms with E-state index in [0.717, 1.165) is 24.0 Å². The van der Waals surface area contributed by atoms with Crippen molar-refractivity contribution in [3.05, 3.63) is 93.5 Å². The molecule has 0 radical (unpaired) electrons. The van der Waals surface area contributed by atoms with E-state index in [2.05, 4.69) is 5.32 Å². The van der Waals surface area contributed by atoms with Crippen LogP contribution in [0.15, 0.2) is 71.6 Å². The summed E-state index contributed by atoms with van der Waals surface area (Å²) in [4.78, 5) is 28.5. The van der Waals surface area contributed by atoms with Gasteiger partial charge in [-0.05, 0) is 79.3 Å². The molecule has 4 rings (SSSR count). The first kappa shape index (κ1) is 31.8. The Kier molecular flexibility index (Phi) is 10.9. The fraction of sp³-hybridized carbons (Fsp3) is 0.355. The van der Waals surface area contributed by atoms with E-state index in [0.29, 0.717) is 40.9 Å². The van der Waals surface area contributed by atoms with Crippen LogP contribution < -0.4 is 10.1 Å². The Bertz CT molecular complexity index is 1490. The summed E-state index contributed by atoms with van der Waals surface area (Å²) in [5, 5.41) is 3.82. The van der Waals surface area contributed by atoms with Crippen LogP contribution in [0.3, 0.4) is 0 Å². The van der Waals surface area contributed by atoms with E-state index in [1.54, 1.807) is 61.4 Å². The van der Waals surface area contributed by atoms with E-state index in [9.17, 15) is 18.0 Å². The number of hydrogen-bond acceptors (Lipinski definition) is 5. The number of sulfonamides is 1. The van der Waals surface area contributed by atoms with E-state index >= 15 is 0 Å². The van der Waals surface area contributed by atoms with Gasteiger partial charge in [0, 0.05) is 42.6 Å². The molecule has 1 unspecified atom stereocenters. The van der Waals surface area contributed by atoms with Crippen LogP contribution in [0, 0.1) is 0 Å². The van der Waals surface area contributed by atoms with Gasteiger partial charge in [0.1, 0.15) is 11.8 Å². The molecule has 0 bridgehead atoms. The quantitative estimate of drug-likeness (QED) is 0.287. The maximum absolute atomic E-state index is 13.5. The maximum atomic E-state index is 13.5. The number of benzene rings is 3. The molecule has 1 aliphatic rings. The lowest BCUT2D eigenvalue weighted by atomic mass is 10.1. The second-order valence-corrected chi connectivity index (χ2v) is 13.0. The van der Waals surface area contributed by atoms with Crippen molar-refractivity contribution in [3.8, 4) is 5.75 Å². The van der Waals surface area contributed by atoms with E-state index in [1.165, 1.54) is 4.31 Å². The van der Waals surface area contributed by atoms with Crippen molar-refractivity contribution in [2.45, 2.75) is 56.6 Å². The van der Waals surface area contributed by atoms with Crippen LogP contribution >= 0.6 is 23.2 Å². The van der Waals surface area contributed by atoms with Gasteiger partial charge in [-0.3, -0.25) is 9.59 Å². The number of halogens is 2. The molecule has 224 valence electrons. The molecule has 2 amide bonds. The van der Waals surface area contributed by atoms with Gasteiger partial charge in [-0.2, -0.15) is 4.31 Å². The van der Waals surface area contributed by atoms with Crippen molar-refractivity contribution in [2.75, 3.05) is 20.2 Å². The van der Waals surface area contributed by atoms with Crippen molar-refractivity contribution in [1.29, 1.82) is 0 Å². The molecule has 1 N–H and O–H groups in total. The van der Waals surface area contributed by atoms with Crippen LogP contribution in [0.2, 0.25) is 10.0 Å². The Balaban J connectivity index is 1.44. The standard InChI is InChI=1S/C31H35Cl2N3O5S/c1-22(31(38)34-20-25-10-11-26(32)19-29(25)33)36(21-24-5-12-27(41-2)13-6-24)30(37)16-9-23-7-14-28(15-8-23)42(39,40)35-17-3-4-18-35/h5-8,10-15,19,22H,3-4,9,16-18,20-21H2,1-2H3,(H,34,38). The number of carbonyl (C=O) groups is 2. The number of hydrogen-bond donors (Lipinski definition) is 1. The third kappa shape index (κ3) is 8.04. The summed E-state index contributed by atoms with van der Waals surface area (Å²) in [6.07, 6.45) is 2.29. The van der Waals surface area contributed by atoms with Gasteiger partial charge in [-0.15, -0.1) is 0 Å². The first-order chi connectivity index (χ1) is 20.1. The van der Waals surface area contributed by atoms with Crippen molar-refractivity contribution in [1.82, 2.24) is 14.5 Å². The number of aryl methyl sites for hydroxylation is 1. The summed E-state index contributed by atoms with van der Waals surface area (Å²) in [5.41, 5.74) is 2.40. The van der Waals surface area contributed by atoms with Crippen LogP contribution in [0.1, 0.15) is 42.9 Å². The van der Waals surface area contributed by atoms with E-state index in [-0.39, 0.29) is 36.2 Å². The molecule has 8 nitrogen and oxygen atoms in total. The van der Waals surface area contributed by atoms with Gasteiger partial charge in [0.15, 0.2) is 0 Å². The molecule has 1 heterocycles. The van der Waals surface area contributed by atoms with Gasteiger partial charge in [-0.25, -0.2) is 8.42 Å². The summed E-state index contributed by atoms with van der Waals surface area (Å²) >= 11 is 12.2. The van der Waals surface area contributed by atoms with Crippen LogP contribution in [0.4, 0.5) is 0 Å². The first-order valence-corrected chi connectivity index (χ1v) is 16.0. The molecular weight excluding hydrogens is 597 g/mol. The van der Waals surface area contributed by atoms with Gasteiger partial charge in [0.25, 0.3) is 0 Å². The zero-order valence-electron chi connectivity index (χ0n) is 23.7. The Labute approximate surface area is 257 Å².